The quantitative estimate of drug-likeness (QED) is 0.483. The summed E-state index contributed by atoms with van der Waals surface area (Å²) in [5.74, 6) is -0.153. The number of ketones is 1. The van der Waals surface area contributed by atoms with Gasteiger partial charge in [-0.3, -0.25) is 4.79 Å². The van der Waals surface area contributed by atoms with E-state index in [0.717, 1.165) is 0 Å². The van der Waals surface area contributed by atoms with Crippen molar-refractivity contribution in [3.05, 3.63) is 12.2 Å². The van der Waals surface area contributed by atoms with Crippen LogP contribution in [0.3, 0.4) is 0 Å². The van der Waals surface area contributed by atoms with E-state index in [2.05, 4.69) is 0 Å². The third-order valence-electron chi connectivity index (χ3n) is 1.35. The Morgan fingerprint density at radius 2 is 2.38 bits per heavy atom. The summed E-state index contributed by atoms with van der Waals surface area (Å²) in [5.41, 5.74) is 0. The maximum Gasteiger partial charge on any atom is 0.184 e. The fourth-order valence-corrected chi connectivity index (χ4v) is 0.710. The average Bonchev–Trinajstić information content (AvgIpc) is 1.98. The molecule has 0 unspecified atom stereocenters. The minimum absolute atomic E-state index is 0.0162. The number of aliphatic hydroxyl groups is 1. The van der Waals surface area contributed by atoms with Gasteiger partial charge in [0.15, 0.2) is 5.78 Å². The zero-order valence-electron chi connectivity index (χ0n) is 4.66. The summed E-state index contributed by atoms with van der Waals surface area (Å²) in [5, 5.41) is 8.85. The van der Waals surface area contributed by atoms with Gasteiger partial charge >= 0.3 is 0 Å². The van der Waals surface area contributed by atoms with Crippen molar-refractivity contribution < 1.29 is 9.90 Å². The van der Waals surface area contributed by atoms with E-state index in [9.17, 15) is 4.79 Å². The zero-order valence-corrected chi connectivity index (χ0v) is 4.66. The molecule has 1 aliphatic carbocycles. The fraction of sp³-hybridized carbons (Fsp3) is 0.500. The standard InChI is InChI=1S/C6H8O2/c1-4-2-3-5(7)6(4)8/h2-4,6,8H,1H3/t4-,6+/m0/s1. The molecule has 1 rings (SSSR count). The monoisotopic (exact) mass is 112 g/mol. The molecule has 0 aromatic rings. The Kier molecular flexibility index (Phi) is 1.18. The molecule has 0 spiro atoms. The molecule has 0 heterocycles. The molecule has 0 fully saturated rings. The van der Waals surface area contributed by atoms with E-state index in [1.54, 1.807) is 6.08 Å². The molecule has 0 aromatic heterocycles. The smallest absolute Gasteiger partial charge is 0.184 e. The van der Waals surface area contributed by atoms with Crippen LogP contribution in [0, 0.1) is 5.92 Å². The van der Waals surface area contributed by atoms with Crippen molar-refractivity contribution >= 4 is 5.78 Å². The predicted octanol–water partition coefficient (Wildman–Crippen LogP) is 0.122. The maximum absolute atomic E-state index is 10.4. The molecule has 0 aliphatic heterocycles. The second-order valence-corrected chi connectivity index (χ2v) is 2.07. The van der Waals surface area contributed by atoms with Gasteiger partial charge in [0.2, 0.25) is 0 Å². The van der Waals surface area contributed by atoms with E-state index in [0.29, 0.717) is 0 Å². The Hall–Kier alpha value is -0.630. The summed E-state index contributed by atoms with van der Waals surface area (Å²) in [6.45, 7) is 1.81. The lowest BCUT2D eigenvalue weighted by molar-refractivity contribution is -0.122. The zero-order chi connectivity index (χ0) is 6.15. The number of rotatable bonds is 0. The second-order valence-electron chi connectivity index (χ2n) is 2.07. The largest absolute Gasteiger partial charge is 0.384 e. The Bertz CT molecular complexity index is 137. The van der Waals surface area contributed by atoms with Crippen LogP contribution in [0.4, 0.5) is 0 Å². The lowest BCUT2D eigenvalue weighted by Crippen LogP contribution is -2.18. The fourth-order valence-electron chi connectivity index (χ4n) is 0.710. The molecule has 1 aliphatic rings. The van der Waals surface area contributed by atoms with Crippen LogP contribution in [0.15, 0.2) is 12.2 Å². The molecular formula is C6H8O2. The topological polar surface area (TPSA) is 37.3 Å². The molecule has 44 valence electrons. The first-order valence-corrected chi connectivity index (χ1v) is 2.62. The molecular weight excluding hydrogens is 104 g/mol. The first kappa shape index (κ1) is 5.51. The molecule has 0 aromatic carbocycles. The second kappa shape index (κ2) is 1.71. The molecule has 0 amide bonds. The van der Waals surface area contributed by atoms with Gasteiger partial charge in [-0.05, 0) is 6.08 Å². The van der Waals surface area contributed by atoms with Crippen LogP contribution in [0.2, 0.25) is 0 Å². The van der Waals surface area contributed by atoms with Crippen LogP contribution in [0.1, 0.15) is 6.92 Å². The van der Waals surface area contributed by atoms with Crippen LogP contribution in [0.25, 0.3) is 0 Å². The first-order valence-electron chi connectivity index (χ1n) is 2.62. The van der Waals surface area contributed by atoms with Crippen molar-refractivity contribution in [2.75, 3.05) is 0 Å². The van der Waals surface area contributed by atoms with Gasteiger partial charge < -0.3 is 5.11 Å². The van der Waals surface area contributed by atoms with Crippen LogP contribution >= 0.6 is 0 Å². The molecule has 8 heavy (non-hydrogen) atoms. The van der Waals surface area contributed by atoms with Crippen molar-refractivity contribution in [3.63, 3.8) is 0 Å². The first-order chi connectivity index (χ1) is 3.72. The van der Waals surface area contributed by atoms with Crippen molar-refractivity contribution in [2.24, 2.45) is 5.92 Å². The van der Waals surface area contributed by atoms with Crippen molar-refractivity contribution in [1.29, 1.82) is 0 Å². The van der Waals surface area contributed by atoms with Gasteiger partial charge in [-0.1, -0.05) is 13.0 Å². The lowest BCUT2D eigenvalue weighted by Gasteiger charge is -2.02. The summed E-state index contributed by atoms with van der Waals surface area (Å²) in [6.07, 6.45) is 2.37. The minimum atomic E-state index is -0.769. The predicted molar refractivity (Wildman–Crippen MR) is 29.3 cm³/mol. The van der Waals surface area contributed by atoms with Crippen molar-refractivity contribution in [2.45, 2.75) is 13.0 Å². The summed E-state index contributed by atoms with van der Waals surface area (Å²) in [6, 6.07) is 0. The van der Waals surface area contributed by atoms with E-state index in [1.807, 2.05) is 6.92 Å². The molecule has 0 saturated heterocycles. The summed E-state index contributed by atoms with van der Waals surface area (Å²) < 4.78 is 0. The van der Waals surface area contributed by atoms with E-state index >= 15 is 0 Å². The Morgan fingerprint density at radius 1 is 1.75 bits per heavy atom. The van der Waals surface area contributed by atoms with Gasteiger partial charge in [0, 0.05) is 5.92 Å². The summed E-state index contributed by atoms with van der Waals surface area (Å²) >= 11 is 0. The van der Waals surface area contributed by atoms with Crippen LogP contribution < -0.4 is 0 Å². The molecule has 0 radical (unpaired) electrons. The third kappa shape index (κ3) is 0.670. The number of carbonyl (C=O) groups is 1. The number of carbonyl (C=O) groups excluding carboxylic acids is 1. The number of hydrogen-bond acceptors (Lipinski definition) is 2. The van der Waals surface area contributed by atoms with Gasteiger partial charge in [-0.2, -0.15) is 0 Å². The average molecular weight is 112 g/mol. The molecule has 1 N–H and O–H groups in total. The molecule has 2 atom stereocenters. The van der Waals surface area contributed by atoms with Gasteiger partial charge in [0.25, 0.3) is 0 Å². The highest BCUT2D eigenvalue weighted by molar-refractivity contribution is 5.96. The molecule has 2 heteroatoms. The highest BCUT2D eigenvalue weighted by Crippen LogP contribution is 2.12. The van der Waals surface area contributed by atoms with Crippen LogP contribution in [0.5, 0.6) is 0 Å². The van der Waals surface area contributed by atoms with Crippen molar-refractivity contribution in [1.82, 2.24) is 0 Å². The SMILES string of the molecule is C[C@H]1C=CC(=O)[C@@H]1O. The van der Waals surface area contributed by atoms with E-state index in [1.165, 1.54) is 6.08 Å². The van der Waals surface area contributed by atoms with E-state index in [-0.39, 0.29) is 11.7 Å². The van der Waals surface area contributed by atoms with Gasteiger partial charge in [0.1, 0.15) is 6.10 Å². The number of hydrogen-bond donors (Lipinski definition) is 1. The highest BCUT2D eigenvalue weighted by Gasteiger charge is 2.23. The normalized spacial score (nSPS) is 36.5. The third-order valence-corrected chi connectivity index (χ3v) is 1.35. The lowest BCUT2D eigenvalue weighted by atomic mass is 10.1. The van der Waals surface area contributed by atoms with Gasteiger partial charge in [-0.15, -0.1) is 0 Å². The van der Waals surface area contributed by atoms with Gasteiger partial charge in [-0.25, -0.2) is 0 Å². The van der Waals surface area contributed by atoms with Crippen LogP contribution in [-0.2, 0) is 4.79 Å². The number of aliphatic hydroxyl groups excluding tert-OH is 1. The Balaban J connectivity index is 2.69. The Labute approximate surface area is 47.8 Å². The van der Waals surface area contributed by atoms with Crippen LogP contribution in [-0.4, -0.2) is 17.0 Å². The molecule has 2 nitrogen and oxygen atoms in total. The maximum atomic E-state index is 10.4. The van der Waals surface area contributed by atoms with E-state index < -0.39 is 6.10 Å². The van der Waals surface area contributed by atoms with Gasteiger partial charge in [0.05, 0.1) is 0 Å². The molecule has 0 bridgehead atoms. The Morgan fingerprint density at radius 3 is 2.50 bits per heavy atom. The summed E-state index contributed by atoms with van der Waals surface area (Å²) in [4.78, 5) is 10.4. The van der Waals surface area contributed by atoms with E-state index in [4.69, 9.17) is 5.11 Å². The highest BCUT2D eigenvalue weighted by atomic mass is 16.3. The summed E-state index contributed by atoms with van der Waals surface area (Å²) in [7, 11) is 0. The minimum Gasteiger partial charge on any atom is -0.384 e. The molecule has 0 saturated carbocycles. The van der Waals surface area contributed by atoms with Crippen molar-refractivity contribution in [3.8, 4) is 0 Å².